The van der Waals surface area contributed by atoms with Crippen LogP contribution in [0.4, 0.5) is 5.82 Å². The van der Waals surface area contributed by atoms with E-state index in [2.05, 4.69) is 20.0 Å². The number of carbonyl (C=O) groups is 1. The van der Waals surface area contributed by atoms with Gasteiger partial charge in [0.15, 0.2) is 5.65 Å². The van der Waals surface area contributed by atoms with Crippen LogP contribution in [-0.2, 0) is 11.8 Å². The Balaban J connectivity index is 1.48. The van der Waals surface area contributed by atoms with Gasteiger partial charge < -0.3 is 15.5 Å². The van der Waals surface area contributed by atoms with Crippen LogP contribution >= 0.6 is 0 Å². The average Bonchev–Trinajstić information content (AvgIpc) is 3.20. The van der Waals surface area contributed by atoms with Gasteiger partial charge in [-0.3, -0.25) is 9.48 Å². The minimum Gasteiger partial charge on any atom is -0.352 e. The van der Waals surface area contributed by atoms with E-state index < -0.39 is 0 Å². The Morgan fingerprint density at radius 3 is 2.64 bits per heavy atom. The van der Waals surface area contributed by atoms with Crippen LogP contribution in [-0.4, -0.2) is 62.8 Å². The second-order valence-electron chi connectivity index (χ2n) is 7.18. The lowest BCUT2D eigenvalue weighted by Gasteiger charge is -2.36. The van der Waals surface area contributed by atoms with Crippen molar-refractivity contribution in [3.63, 3.8) is 0 Å². The van der Waals surface area contributed by atoms with Gasteiger partial charge in [0, 0.05) is 45.2 Å². The normalized spacial score (nSPS) is 24.3. The summed E-state index contributed by atoms with van der Waals surface area (Å²) in [6.45, 7) is 4.93. The minimum atomic E-state index is 0.118. The van der Waals surface area contributed by atoms with Gasteiger partial charge in [-0.2, -0.15) is 5.10 Å². The first-order valence-corrected chi connectivity index (χ1v) is 8.98. The van der Waals surface area contributed by atoms with Crippen LogP contribution < -0.4 is 10.6 Å². The molecule has 8 heteroatoms. The second-order valence-corrected chi connectivity index (χ2v) is 7.18. The molecule has 1 aliphatic heterocycles. The molecule has 25 heavy (non-hydrogen) atoms. The summed E-state index contributed by atoms with van der Waals surface area (Å²) >= 11 is 0. The van der Waals surface area contributed by atoms with E-state index in [4.69, 9.17) is 5.73 Å². The highest BCUT2D eigenvalue weighted by molar-refractivity contribution is 5.87. The van der Waals surface area contributed by atoms with E-state index in [1.807, 2.05) is 25.1 Å². The molecule has 2 N–H and O–H groups in total. The van der Waals surface area contributed by atoms with E-state index in [0.717, 1.165) is 68.1 Å². The van der Waals surface area contributed by atoms with Crippen LogP contribution in [0.5, 0.6) is 0 Å². The Labute approximate surface area is 147 Å². The molecule has 2 aromatic heterocycles. The maximum absolute atomic E-state index is 12.7. The molecule has 8 nitrogen and oxygen atoms in total. The molecule has 0 spiro atoms. The Hall–Kier alpha value is -2.22. The summed E-state index contributed by atoms with van der Waals surface area (Å²) in [6, 6.07) is 0.193. The minimum absolute atomic E-state index is 0.118. The first kappa shape index (κ1) is 16.3. The van der Waals surface area contributed by atoms with Crippen molar-refractivity contribution < 1.29 is 4.79 Å². The van der Waals surface area contributed by atoms with Crippen molar-refractivity contribution in [3.05, 3.63) is 12.0 Å². The number of nitrogens with two attached hydrogens (primary N) is 1. The summed E-state index contributed by atoms with van der Waals surface area (Å²) in [5, 5.41) is 5.27. The molecule has 2 fully saturated rings. The molecule has 0 aromatic carbocycles. The lowest BCUT2D eigenvalue weighted by Crippen LogP contribution is -2.50. The molecule has 1 saturated heterocycles. The molecule has 4 rings (SSSR count). The number of rotatable bonds is 2. The second kappa shape index (κ2) is 6.25. The van der Waals surface area contributed by atoms with Gasteiger partial charge in [-0.25, -0.2) is 9.97 Å². The van der Waals surface area contributed by atoms with Crippen molar-refractivity contribution in [2.24, 2.45) is 18.7 Å². The number of amides is 1. The fourth-order valence-electron chi connectivity index (χ4n) is 3.99. The van der Waals surface area contributed by atoms with Gasteiger partial charge in [0.25, 0.3) is 0 Å². The van der Waals surface area contributed by atoms with Gasteiger partial charge in [-0.1, -0.05) is 0 Å². The molecule has 1 saturated carbocycles. The Morgan fingerprint density at radius 2 is 1.96 bits per heavy atom. The highest BCUT2D eigenvalue weighted by Crippen LogP contribution is 2.28. The number of hydrogen-bond acceptors (Lipinski definition) is 6. The SMILES string of the molecule is Cc1nc(N2CCN(C(=O)[C@H]3CC[C@@H](N)C3)CC2)c2cnn(C)c2n1. The molecule has 3 heterocycles. The largest absolute Gasteiger partial charge is 0.352 e. The van der Waals surface area contributed by atoms with E-state index in [1.54, 1.807) is 4.68 Å². The van der Waals surface area contributed by atoms with Crippen molar-refractivity contribution in [2.45, 2.75) is 32.2 Å². The quantitative estimate of drug-likeness (QED) is 0.851. The molecule has 1 amide bonds. The summed E-state index contributed by atoms with van der Waals surface area (Å²) in [6.07, 6.45) is 4.55. The van der Waals surface area contributed by atoms with Crippen LogP contribution in [0.1, 0.15) is 25.1 Å². The number of piperazine rings is 1. The van der Waals surface area contributed by atoms with Crippen LogP contribution in [0.25, 0.3) is 11.0 Å². The fraction of sp³-hybridized carbons (Fsp3) is 0.647. The number of fused-ring (bicyclic) bond motifs is 1. The number of hydrogen-bond donors (Lipinski definition) is 1. The monoisotopic (exact) mass is 343 g/mol. The van der Waals surface area contributed by atoms with Crippen LogP contribution in [0.3, 0.4) is 0 Å². The average molecular weight is 343 g/mol. The third kappa shape index (κ3) is 2.95. The molecule has 2 atom stereocenters. The van der Waals surface area contributed by atoms with Gasteiger partial charge in [-0.05, 0) is 26.2 Å². The zero-order chi connectivity index (χ0) is 17.6. The number of aromatic nitrogens is 4. The van der Waals surface area contributed by atoms with Crippen molar-refractivity contribution in [1.82, 2.24) is 24.6 Å². The van der Waals surface area contributed by atoms with Gasteiger partial charge in [0.05, 0.1) is 11.6 Å². The third-order valence-electron chi connectivity index (χ3n) is 5.40. The van der Waals surface area contributed by atoms with Gasteiger partial charge >= 0.3 is 0 Å². The first-order chi connectivity index (χ1) is 12.0. The van der Waals surface area contributed by atoms with E-state index in [1.165, 1.54) is 0 Å². The lowest BCUT2D eigenvalue weighted by molar-refractivity contribution is -0.135. The third-order valence-corrected chi connectivity index (χ3v) is 5.40. The van der Waals surface area contributed by atoms with E-state index in [0.29, 0.717) is 0 Å². The van der Waals surface area contributed by atoms with E-state index >= 15 is 0 Å². The highest BCUT2D eigenvalue weighted by atomic mass is 16.2. The number of anilines is 1. The molecule has 1 aliphatic carbocycles. The summed E-state index contributed by atoms with van der Waals surface area (Å²) in [7, 11) is 1.89. The summed E-state index contributed by atoms with van der Waals surface area (Å²) in [5.74, 6) is 2.06. The number of nitrogens with zero attached hydrogens (tertiary/aromatic N) is 6. The lowest BCUT2D eigenvalue weighted by atomic mass is 10.1. The molecular weight excluding hydrogens is 318 g/mol. The van der Waals surface area contributed by atoms with Crippen LogP contribution in [0, 0.1) is 12.8 Å². The van der Waals surface area contributed by atoms with Crippen molar-refractivity contribution in [1.29, 1.82) is 0 Å². The molecular formula is C17H25N7O. The predicted octanol–water partition coefficient (Wildman–Crippen LogP) is 0.448. The van der Waals surface area contributed by atoms with Crippen LogP contribution in [0.2, 0.25) is 0 Å². The zero-order valence-electron chi connectivity index (χ0n) is 14.9. The predicted molar refractivity (Wildman–Crippen MR) is 95.2 cm³/mol. The van der Waals surface area contributed by atoms with Gasteiger partial charge in [0.2, 0.25) is 5.91 Å². The molecule has 0 bridgehead atoms. The standard InChI is InChI=1S/C17H25N7O/c1-11-20-15-14(10-19-22(15)2)16(21-11)23-5-7-24(8-6-23)17(25)12-3-4-13(18)9-12/h10,12-13H,3-9,18H2,1-2H3/t12-,13+/m0/s1. The maximum Gasteiger partial charge on any atom is 0.225 e. The molecule has 134 valence electrons. The molecule has 2 aromatic rings. The fourth-order valence-corrected chi connectivity index (χ4v) is 3.99. The Bertz CT molecular complexity index is 794. The molecule has 0 radical (unpaired) electrons. The molecule has 2 aliphatic rings. The molecule has 0 unspecified atom stereocenters. The smallest absolute Gasteiger partial charge is 0.225 e. The topological polar surface area (TPSA) is 93.2 Å². The summed E-state index contributed by atoms with van der Waals surface area (Å²) in [5.41, 5.74) is 6.81. The van der Waals surface area contributed by atoms with Crippen molar-refractivity contribution in [2.75, 3.05) is 31.1 Å². The van der Waals surface area contributed by atoms with E-state index in [-0.39, 0.29) is 17.9 Å². The first-order valence-electron chi connectivity index (χ1n) is 8.98. The van der Waals surface area contributed by atoms with Gasteiger partial charge in [0.1, 0.15) is 11.6 Å². The zero-order valence-corrected chi connectivity index (χ0v) is 14.9. The van der Waals surface area contributed by atoms with Crippen LogP contribution in [0.15, 0.2) is 6.20 Å². The van der Waals surface area contributed by atoms with Crippen molar-refractivity contribution in [3.8, 4) is 0 Å². The summed E-state index contributed by atoms with van der Waals surface area (Å²) < 4.78 is 1.77. The maximum atomic E-state index is 12.7. The highest BCUT2D eigenvalue weighted by Gasteiger charge is 2.33. The Morgan fingerprint density at radius 1 is 1.20 bits per heavy atom. The van der Waals surface area contributed by atoms with Gasteiger partial charge in [-0.15, -0.1) is 0 Å². The van der Waals surface area contributed by atoms with E-state index in [9.17, 15) is 4.79 Å². The Kier molecular flexibility index (Phi) is 4.07. The number of aryl methyl sites for hydroxylation is 2. The van der Waals surface area contributed by atoms with Crippen molar-refractivity contribution >= 4 is 22.8 Å². The number of carbonyl (C=O) groups excluding carboxylic acids is 1. The summed E-state index contributed by atoms with van der Waals surface area (Å²) in [4.78, 5) is 26.0.